The predicted octanol–water partition coefficient (Wildman–Crippen LogP) is 1.45. The van der Waals surface area contributed by atoms with Crippen molar-refractivity contribution >= 4 is 11.8 Å². The van der Waals surface area contributed by atoms with E-state index in [0.29, 0.717) is 19.0 Å². The Labute approximate surface area is 94.6 Å². The number of hydrogen-bond acceptors (Lipinski definition) is 4. The SMILES string of the molecule is CCOC(=O)[C@H]1CC(=O)C=C2OCC[C@]21C. The van der Waals surface area contributed by atoms with Gasteiger partial charge in [-0.15, -0.1) is 0 Å². The Morgan fingerprint density at radius 2 is 2.44 bits per heavy atom. The predicted molar refractivity (Wildman–Crippen MR) is 56.5 cm³/mol. The molecule has 0 aromatic rings. The van der Waals surface area contributed by atoms with E-state index in [1.165, 1.54) is 6.08 Å². The first kappa shape index (κ1) is 11.2. The van der Waals surface area contributed by atoms with Crippen LogP contribution in [0.15, 0.2) is 11.8 Å². The van der Waals surface area contributed by atoms with E-state index in [1.807, 2.05) is 6.92 Å². The van der Waals surface area contributed by atoms with Gasteiger partial charge in [-0.05, 0) is 13.3 Å². The summed E-state index contributed by atoms with van der Waals surface area (Å²) in [4.78, 5) is 23.3. The summed E-state index contributed by atoms with van der Waals surface area (Å²) in [5, 5.41) is 0. The summed E-state index contributed by atoms with van der Waals surface area (Å²) in [6.45, 7) is 4.66. The van der Waals surface area contributed by atoms with Crippen LogP contribution in [-0.2, 0) is 19.1 Å². The van der Waals surface area contributed by atoms with Gasteiger partial charge in [-0.3, -0.25) is 9.59 Å². The van der Waals surface area contributed by atoms with Gasteiger partial charge in [-0.1, -0.05) is 6.92 Å². The summed E-state index contributed by atoms with van der Waals surface area (Å²) in [5.74, 6) is -0.0638. The maximum Gasteiger partial charge on any atom is 0.310 e. The third-order valence-electron chi connectivity index (χ3n) is 3.48. The van der Waals surface area contributed by atoms with Crippen molar-refractivity contribution in [3.05, 3.63) is 11.8 Å². The number of esters is 1. The van der Waals surface area contributed by atoms with Crippen LogP contribution in [0.5, 0.6) is 0 Å². The number of ketones is 1. The van der Waals surface area contributed by atoms with Gasteiger partial charge in [-0.25, -0.2) is 0 Å². The lowest BCUT2D eigenvalue weighted by atomic mass is 9.69. The molecular weight excluding hydrogens is 208 g/mol. The topological polar surface area (TPSA) is 52.6 Å². The van der Waals surface area contributed by atoms with Gasteiger partial charge in [0.1, 0.15) is 5.76 Å². The zero-order valence-corrected chi connectivity index (χ0v) is 9.62. The minimum atomic E-state index is -0.387. The van der Waals surface area contributed by atoms with Gasteiger partial charge in [0.2, 0.25) is 0 Å². The summed E-state index contributed by atoms with van der Waals surface area (Å²) in [5.41, 5.74) is -0.347. The molecule has 0 saturated carbocycles. The number of hydrogen-bond donors (Lipinski definition) is 0. The summed E-state index contributed by atoms with van der Waals surface area (Å²) in [6.07, 6.45) is 2.54. The van der Waals surface area contributed by atoms with E-state index in [9.17, 15) is 9.59 Å². The molecule has 0 spiro atoms. The second-order valence-corrected chi connectivity index (χ2v) is 4.50. The third-order valence-corrected chi connectivity index (χ3v) is 3.48. The summed E-state index contributed by atoms with van der Waals surface area (Å²) in [7, 11) is 0. The molecule has 0 aromatic carbocycles. The van der Waals surface area contributed by atoms with E-state index in [4.69, 9.17) is 9.47 Å². The Kier molecular flexibility index (Phi) is 2.74. The monoisotopic (exact) mass is 224 g/mol. The molecule has 16 heavy (non-hydrogen) atoms. The maximum atomic E-state index is 11.8. The van der Waals surface area contributed by atoms with Gasteiger partial charge in [0.25, 0.3) is 0 Å². The van der Waals surface area contributed by atoms with Crippen molar-refractivity contribution in [1.82, 2.24) is 0 Å². The fraction of sp³-hybridized carbons (Fsp3) is 0.667. The van der Waals surface area contributed by atoms with E-state index in [2.05, 4.69) is 0 Å². The Hall–Kier alpha value is -1.32. The Morgan fingerprint density at radius 1 is 1.69 bits per heavy atom. The number of fused-ring (bicyclic) bond motifs is 1. The minimum absolute atomic E-state index is 0.0487. The largest absolute Gasteiger partial charge is 0.497 e. The fourth-order valence-corrected chi connectivity index (χ4v) is 2.43. The summed E-state index contributed by atoms with van der Waals surface area (Å²) < 4.78 is 10.5. The van der Waals surface area contributed by atoms with E-state index >= 15 is 0 Å². The van der Waals surface area contributed by atoms with Gasteiger partial charge in [-0.2, -0.15) is 0 Å². The Bertz CT molecular complexity index is 358. The first-order chi connectivity index (χ1) is 7.58. The molecule has 1 aliphatic heterocycles. The van der Waals surface area contributed by atoms with E-state index in [-0.39, 0.29) is 29.5 Å². The van der Waals surface area contributed by atoms with Crippen molar-refractivity contribution < 1.29 is 19.1 Å². The number of carbonyl (C=O) groups excluding carboxylic acids is 2. The molecule has 0 N–H and O–H groups in total. The van der Waals surface area contributed by atoms with Gasteiger partial charge in [0, 0.05) is 17.9 Å². The lowest BCUT2D eigenvalue weighted by Gasteiger charge is -2.33. The molecule has 1 aliphatic carbocycles. The third kappa shape index (κ3) is 1.62. The summed E-state index contributed by atoms with van der Waals surface area (Å²) in [6, 6.07) is 0. The molecule has 2 atom stereocenters. The number of ether oxygens (including phenoxy) is 2. The van der Waals surface area contributed by atoms with Crippen LogP contribution in [0.2, 0.25) is 0 Å². The first-order valence-corrected chi connectivity index (χ1v) is 5.62. The number of carbonyl (C=O) groups is 2. The van der Waals surface area contributed by atoms with Crippen LogP contribution in [0.3, 0.4) is 0 Å². The van der Waals surface area contributed by atoms with Crippen LogP contribution in [0.4, 0.5) is 0 Å². The zero-order chi connectivity index (χ0) is 11.8. The normalized spacial score (nSPS) is 32.8. The van der Waals surface area contributed by atoms with Gasteiger partial charge in [0.15, 0.2) is 5.78 Å². The molecule has 4 heteroatoms. The Balaban J connectivity index is 2.29. The molecule has 4 nitrogen and oxygen atoms in total. The van der Waals surface area contributed by atoms with Crippen LogP contribution in [0.25, 0.3) is 0 Å². The molecule has 0 aromatic heterocycles. The van der Waals surface area contributed by atoms with Gasteiger partial charge < -0.3 is 9.47 Å². The zero-order valence-electron chi connectivity index (χ0n) is 9.62. The van der Waals surface area contributed by atoms with Crippen molar-refractivity contribution in [3.8, 4) is 0 Å². The molecule has 0 amide bonds. The lowest BCUT2D eigenvalue weighted by Crippen LogP contribution is -2.38. The van der Waals surface area contributed by atoms with Crippen molar-refractivity contribution in [2.45, 2.75) is 26.7 Å². The van der Waals surface area contributed by atoms with Crippen molar-refractivity contribution in [3.63, 3.8) is 0 Å². The molecular formula is C12H16O4. The highest BCUT2D eigenvalue weighted by Crippen LogP contribution is 2.48. The molecule has 88 valence electrons. The quantitative estimate of drug-likeness (QED) is 0.666. The van der Waals surface area contributed by atoms with Crippen LogP contribution < -0.4 is 0 Å². The highest BCUT2D eigenvalue weighted by atomic mass is 16.5. The average Bonchev–Trinajstić information content (AvgIpc) is 2.59. The van der Waals surface area contributed by atoms with E-state index in [1.54, 1.807) is 6.92 Å². The van der Waals surface area contributed by atoms with Crippen LogP contribution in [0, 0.1) is 11.3 Å². The standard InChI is InChI=1S/C12H16O4/c1-3-15-11(14)9-6-8(13)7-10-12(9,2)4-5-16-10/h7,9H,3-6H2,1-2H3/t9-,12+/m1/s1. The van der Waals surface area contributed by atoms with Crippen LogP contribution >= 0.6 is 0 Å². The summed E-state index contributed by atoms with van der Waals surface area (Å²) >= 11 is 0. The molecule has 2 rings (SSSR count). The van der Waals surface area contributed by atoms with E-state index in [0.717, 1.165) is 6.42 Å². The Morgan fingerprint density at radius 3 is 3.12 bits per heavy atom. The van der Waals surface area contributed by atoms with E-state index < -0.39 is 0 Å². The van der Waals surface area contributed by atoms with Crippen molar-refractivity contribution in [2.24, 2.45) is 11.3 Å². The maximum absolute atomic E-state index is 11.8. The first-order valence-electron chi connectivity index (χ1n) is 5.62. The van der Waals surface area contributed by atoms with Crippen molar-refractivity contribution in [2.75, 3.05) is 13.2 Å². The number of rotatable bonds is 2. The van der Waals surface area contributed by atoms with Crippen LogP contribution in [0.1, 0.15) is 26.7 Å². The van der Waals surface area contributed by atoms with Crippen LogP contribution in [-0.4, -0.2) is 25.0 Å². The van der Waals surface area contributed by atoms with Crippen molar-refractivity contribution in [1.29, 1.82) is 0 Å². The number of allylic oxidation sites excluding steroid dienone is 2. The second-order valence-electron chi connectivity index (χ2n) is 4.50. The highest BCUT2D eigenvalue weighted by Gasteiger charge is 2.50. The average molecular weight is 224 g/mol. The molecule has 0 bridgehead atoms. The van der Waals surface area contributed by atoms with Gasteiger partial charge >= 0.3 is 5.97 Å². The highest BCUT2D eigenvalue weighted by molar-refractivity contribution is 5.95. The fourth-order valence-electron chi connectivity index (χ4n) is 2.43. The second kappa shape index (κ2) is 3.92. The smallest absolute Gasteiger partial charge is 0.310 e. The lowest BCUT2D eigenvalue weighted by molar-refractivity contribution is -0.154. The molecule has 2 aliphatic rings. The molecule has 1 heterocycles. The minimum Gasteiger partial charge on any atom is -0.497 e. The molecule has 0 radical (unpaired) electrons. The molecule has 1 saturated heterocycles. The molecule has 0 unspecified atom stereocenters. The van der Waals surface area contributed by atoms with Gasteiger partial charge in [0.05, 0.1) is 19.1 Å². The molecule has 1 fully saturated rings.